The summed E-state index contributed by atoms with van der Waals surface area (Å²) in [6.07, 6.45) is 2.14. The van der Waals surface area contributed by atoms with E-state index in [-0.39, 0.29) is 22.2 Å². The number of nitro groups is 1. The Bertz CT molecular complexity index is 599. The zero-order valence-electron chi connectivity index (χ0n) is 14.1. The Morgan fingerprint density at radius 2 is 2.04 bits per heavy atom. The Hall–Kier alpha value is -1.66. The van der Waals surface area contributed by atoms with E-state index in [2.05, 4.69) is 24.1 Å². The first-order valence-electron chi connectivity index (χ1n) is 8.31. The van der Waals surface area contributed by atoms with Crippen LogP contribution in [0.4, 0.5) is 5.69 Å². The Morgan fingerprint density at radius 3 is 2.67 bits per heavy atom. The summed E-state index contributed by atoms with van der Waals surface area (Å²) < 4.78 is 0. The molecule has 7 heteroatoms. The zero-order chi connectivity index (χ0) is 17.7. The van der Waals surface area contributed by atoms with Crippen molar-refractivity contribution >= 4 is 23.2 Å². The third-order valence-electron chi connectivity index (χ3n) is 4.29. The van der Waals surface area contributed by atoms with Gasteiger partial charge in [-0.1, -0.05) is 25.4 Å². The predicted molar refractivity (Wildman–Crippen MR) is 94.4 cm³/mol. The SMILES string of the molecule is CC1CC(C)CN(CCCNC(=O)c2ccc(Cl)c([N+](=O)[O-])c2)C1. The first-order chi connectivity index (χ1) is 11.4. The minimum Gasteiger partial charge on any atom is -0.352 e. The summed E-state index contributed by atoms with van der Waals surface area (Å²) >= 11 is 5.75. The number of nitro benzene ring substituents is 1. The average molecular weight is 354 g/mol. The van der Waals surface area contributed by atoms with Crippen molar-refractivity contribution in [2.24, 2.45) is 11.8 Å². The molecular weight excluding hydrogens is 330 g/mol. The quantitative estimate of drug-likeness (QED) is 0.483. The highest BCUT2D eigenvalue weighted by atomic mass is 35.5. The number of likely N-dealkylation sites (tertiary alicyclic amines) is 1. The molecule has 0 radical (unpaired) electrons. The highest BCUT2D eigenvalue weighted by molar-refractivity contribution is 6.32. The number of piperidine rings is 1. The Balaban J connectivity index is 1.79. The summed E-state index contributed by atoms with van der Waals surface area (Å²) in [4.78, 5) is 24.8. The molecule has 24 heavy (non-hydrogen) atoms. The van der Waals surface area contributed by atoms with Crippen LogP contribution >= 0.6 is 11.6 Å². The second-order valence-corrected chi connectivity index (χ2v) is 7.15. The topological polar surface area (TPSA) is 75.5 Å². The molecular formula is C17H24ClN3O3. The maximum atomic E-state index is 12.1. The van der Waals surface area contributed by atoms with Gasteiger partial charge in [-0.3, -0.25) is 14.9 Å². The fourth-order valence-electron chi connectivity index (χ4n) is 3.38. The standard InChI is InChI=1S/C17H24ClN3O3/c1-12-8-13(2)11-20(10-12)7-3-6-19-17(22)14-4-5-15(18)16(9-14)21(23)24/h4-5,9,12-13H,3,6-8,10-11H2,1-2H3,(H,19,22). The predicted octanol–water partition coefficient (Wildman–Crippen LogP) is 3.35. The molecule has 0 spiro atoms. The monoisotopic (exact) mass is 353 g/mol. The number of carbonyl (C=O) groups excluding carboxylic acids is 1. The third kappa shape index (κ3) is 5.18. The molecule has 0 aromatic heterocycles. The van der Waals surface area contributed by atoms with Crippen molar-refractivity contribution in [2.75, 3.05) is 26.2 Å². The average Bonchev–Trinajstić information content (AvgIpc) is 2.50. The van der Waals surface area contributed by atoms with Crippen molar-refractivity contribution in [2.45, 2.75) is 26.7 Å². The van der Waals surface area contributed by atoms with Crippen LogP contribution in [0.5, 0.6) is 0 Å². The highest BCUT2D eigenvalue weighted by Crippen LogP contribution is 2.25. The van der Waals surface area contributed by atoms with Crippen LogP contribution in [-0.4, -0.2) is 41.9 Å². The lowest BCUT2D eigenvalue weighted by atomic mass is 9.92. The molecule has 1 saturated heterocycles. The number of halogens is 1. The second-order valence-electron chi connectivity index (χ2n) is 6.74. The Morgan fingerprint density at radius 1 is 1.38 bits per heavy atom. The van der Waals surface area contributed by atoms with Gasteiger partial charge in [0.2, 0.25) is 0 Å². The molecule has 1 aliphatic heterocycles. The van der Waals surface area contributed by atoms with Crippen LogP contribution in [0.3, 0.4) is 0 Å². The van der Waals surface area contributed by atoms with Crippen LogP contribution in [0.1, 0.15) is 37.0 Å². The van der Waals surface area contributed by atoms with Gasteiger partial charge >= 0.3 is 0 Å². The number of amides is 1. The lowest BCUT2D eigenvalue weighted by molar-refractivity contribution is -0.384. The minimum atomic E-state index is -0.586. The summed E-state index contributed by atoms with van der Waals surface area (Å²) in [6, 6.07) is 4.09. The van der Waals surface area contributed by atoms with Gasteiger partial charge in [0.05, 0.1) is 4.92 Å². The number of hydrogen-bond donors (Lipinski definition) is 1. The van der Waals surface area contributed by atoms with Gasteiger partial charge in [0, 0.05) is 31.3 Å². The maximum absolute atomic E-state index is 12.1. The smallest absolute Gasteiger partial charge is 0.288 e. The molecule has 1 aliphatic rings. The van der Waals surface area contributed by atoms with Crippen molar-refractivity contribution in [1.29, 1.82) is 0 Å². The number of benzene rings is 1. The number of rotatable bonds is 6. The molecule has 0 bridgehead atoms. The molecule has 1 heterocycles. The van der Waals surface area contributed by atoms with Crippen LogP contribution < -0.4 is 5.32 Å². The third-order valence-corrected chi connectivity index (χ3v) is 4.61. The summed E-state index contributed by atoms with van der Waals surface area (Å²) in [5.74, 6) is 1.13. The molecule has 132 valence electrons. The summed E-state index contributed by atoms with van der Waals surface area (Å²) in [7, 11) is 0. The molecule has 0 saturated carbocycles. The maximum Gasteiger partial charge on any atom is 0.288 e. The minimum absolute atomic E-state index is 0.0323. The van der Waals surface area contributed by atoms with E-state index >= 15 is 0 Å². The van der Waals surface area contributed by atoms with E-state index in [9.17, 15) is 14.9 Å². The van der Waals surface area contributed by atoms with Crippen molar-refractivity contribution in [3.8, 4) is 0 Å². The molecule has 0 aliphatic carbocycles. The molecule has 2 atom stereocenters. The van der Waals surface area contributed by atoms with E-state index in [1.165, 1.54) is 24.6 Å². The van der Waals surface area contributed by atoms with Crippen molar-refractivity contribution < 1.29 is 9.72 Å². The van der Waals surface area contributed by atoms with Gasteiger partial charge in [-0.25, -0.2) is 0 Å². The Labute approximate surface area is 147 Å². The van der Waals surface area contributed by atoms with E-state index in [1.54, 1.807) is 0 Å². The van der Waals surface area contributed by atoms with Crippen molar-refractivity contribution in [1.82, 2.24) is 10.2 Å². The van der Waals surface area contributed by atoms with Crippen LogP contribution in [-0.2, 0) is 0 Å². The van der Waals surface area contributed by atoms with Crippen LogP contribution in [0.25, 0.3) is 0 Å². The molecule has 1 N–H and O–H groups in total. The van der Waals surface area contributed by atoms with E-state index in [0.717, 1.165) is 37.9 Å². The lowest BCUT2D eigenvalue weighted by Gasteiger charge is -2.34. The van der Waals surface area contributed by atoms with E-state index in [4.69, 9.17) is 11.6 Å². The van der Waals surface area contributed by atoms with Crippen molar-refractivity contribution in [3.05, 3.63) is 38.9 Å². The van der Waals surface area contributed by atoms with Gasteiger partial charge < -0.3 is 10.2 Å². The number of hydrogen-bond acceptors (Lipinski definition) is 4. The normalized spacial score (nSPS) is 21.5. The fraction of sp³-hybridized carbons (Fsp3) is 0.588. The van der Waals surface area contributed by atoms with Crippen LogP contribution in [0, 0.1) is 22.0 Å². The number of nitrogens with zero attached hydrogens (tertiary/aromatic N) is 2. The van der Waals surface area contributed by atoms with Gasteiger partial charge in [-0.2, -0.15) is 0 Å². The first kappa shape index (κ1) is 18.7. The first-order valence-corrected chi connectivity index (χ1v) is 8.69. The molecule has 1 aromatic rings. The molecule has 2 unspecified atom stereocenters. The second kappa shape index (κ2) is 8.44. The van der Waals surface area contributed by atoms with E-state index < -0.39 is 4.92 Å². The largest absolute Gasteiger partial charge is 0.352 e. The molecule has 1 amide bonds. The van der Waals surface area contributed by atoms with Gasteiger partial charge in [-0.15, -0.1) is 0 Å². The van der Waals surface area contributed by atoms with E-state index in [1.807, 2.05) is 0 Å². The summed E-state index contributed by atoms with van der Waals surface area (Å²) in [5.41, 5.74) is 0.00641. The van der Waals surface area contributed by atoms with E-state index in [0.29, 0.717) is 6.54 Å². The highest BCUT2D eigenvalue weighted by Gasteiger charge is 2.21. The Kier molecular flexibility index (Phi) is 6.57. The van der Waals surface area contributed by atoms with Crippen molar-refractivity contribution in [3.63, 3.8) is 0 Å². The van der Waals surface area contributed by atoms with Gasteiger partial charge in [-0.05, 0) is 43.4 Å². The fourth-order valence-corrected chi connectivity index (χ4v) is 3.56. The number of carbonyl (C=O) groups is 1. The number of nitrogens with one attached hydrogen (secondary N) is 1. The lowest BCUT2D eigenvalue weighted by Crippen LogP contribution is -2.40. The van der Waals surface area contributed by atoms with Crippen LogP contribution in [0.2, 0.25) is 5.02 Å². The summed E-state index contributed by atoms with van der Waals surface area (Å²) in [5, 5.41) is 13.7. The summed E-state index contributed by atoms with van der Waals surface area (Å²) in [6.45, 7) is 8.28. The van der Waals surface area contributed by atoms with Gasteiger partial charge in [0.15, 0.2) is 0 Å². The molecule has 1 aromatic carbocycles. The molecule has 6 nitrogen and oxygen atoms in total. The van der Waals surface area contributed by atoms with Gasteiger partial charge in [0.1, 0.15) is 5.02 Å². The zero-order valence-corrected chi connectivity index (χ0v) is 14.9. The van der Waals surface area contributed by atoms with Crippen LogP contribution in [0.15, 0.2) is 18.2 Å². The van der Waals surface area contributed by atoms with Gasteiger partial charge in [0.25, 0.3) is 11.6 Å². The molecule has 1 fully saturated rings. The molecule has 2 rings (SSSR count).